The molecule has 2 nitrogen and oxygen atoms in total. The summed E-state index contributed by atoms with van der Waals surface area (Å²) in [6.45, 7) is 0. The summed E-state index contributed by atoms with van der Waals surface area (Å²) in [7, 11) is 0. The van der Waals surface area contributed by atoms with Gasteiger partial charge in [0, 0.05) is 15.6 Å². The molecule has 1 atom stereocenters. The Morgan fingerprint density at radius 2 is 2.05 bits per heavy atom. The number of carbonyl (C=O) groups is 1. The molecule has 0 radical (unpaired) electrons. The molecule has 0 fully saturated rings. The van der Waals surface area contributed by atoms with Crippen LogP contribution in [0, 0.1) is 0 Å². The predicted molar refractivity (Wildman–Crippen MR) is 92.8 cm³/mol. The van der Waals surface area contributed by atoms with Gasteiger partial charge in [-0.05, 0) is 35.1 Å². The molecule has 0 spiro atoms. The Kier molecular flexibility index (Phi) is 4.29. The zero-order valence-electron chi connectivity index (χ0n) is 11.3. The van der Waals surface area contributed by atoms with Gasteiger partial charge in [-0.1, -0.05) is 51.8 Å². The van der Waals surface area contributed by atoms with Gasteiger partial charge in [0.15, 0.2) is 0 Å². The van der Waals surface area contributed by atoms with Crippen molar-refractivity contribution >= 4 is 50.9 Å². The average molecular weight is 383 g/mol. The van der Waals surface area contributed by atoms with Gasteiger partial charge in [0.25, 0.3) is 0 Å². The first-order chi connectivity index (χ1) is 10.1. The van der Waals surface area contributed by atoms with Gasteiger partial charge in [0.2, 0.25) is 5.91 Å². The quantitative estimate of drug-likeness (QED) is 0.595. The fourth-order valence-electron chi connectivity index (χ4n) is 2.50. The summed E-state index contributed by atoms with van der Waals surface area (Å²) >= 11 is 11.9. The van der Waals surface area contributed by atoms with Crippen molar-refractivity contribution < 1.29 is 4.79 Å². The Morgan fingerprint density at radius 3 is 2.81 bits per heavy atom. The minimum atomic E-state index is 0.00894. The van der Waals surface area contributed by atoms with Crippen LogP contribution in [0.4, 0.5) is 5.69 Å². The van der Waals surface area contributed by atoms with E-state index in [0.29, 0.717) is 11.4 Å². The first-order valence-electron chi connectivity index (χ1n) is 6.49. The number of nitrogens with one attached hydrogen (secondary N) is 1. The molecule has 3 rings (SSSR count). The lowest BCUT2D eigenvalue weighted by Crippen LogP contribution is -2.03. The van der Waals surface area contributed by atoms with Crippen LogP contribution in [0.2, 0.25) is 5.02 Å². The second-order valence-corrected chi connectivity index (χ2v) is 7.03. The van der Waals surface area contributed by atoms with Crippen LogP contribution < -0.4 is 5.32 Å². The lowest BCUT2D eigenvalue weighted by Gasteiger charge is -2.17. The third-order valence-corrected chi connectivity index (χ3v) is 5.66. The lowest BCUT2D eigenvalue weighted by atomic mass is 10.0. The minimum Gasteiger partial charge on any atom is -0.325 e. The Balaban J connectivity index is 2.04. The van der Waals surface area contributed by atoms with E-state index in [1.807, 2.05) is 24.3 Å². The standard InChI is InChI=1S/C16H13BrClNOS/c1-21-14-5-3-2-4-10(14)16(17)11-6-9-7-15(20)19-13(9)8-12(11)18/h2-6,8,16H,7H2,1H3,(H,19,20). The molecule has 2 aromatic rings. The van der Waals surface area contributed by atoms with Gasteiger partial charge in [-0.3, -0.25) is 4.79 Å². The fourth-order valence-corrected chi connectivity index (χ4v) is 4.48. The predicted octanol–water partition coefficient (Wildman–Crippen LogP) is 5.04. The first-order valence-corrected chi connectivity index (χ1v) is 9.01. The van der Waals surface area contributed by atoms with Crippen molar-refractivity contribution in [3.05, 3.63) is 58.1 Å². The van der Waals surface area contributed by atoms with E-state index >= 15 is 0 Å². The number of benzene rings is 2. The van der Waals surface area contributed by atoms with Crippen LogP contribution in [-0.4, -0.2) is 12.2 Å². The molecule has 1 heterocycles. The van der Waals surface area contributed by atoms with Gasteiger partial charge in [-0.25, -0.2) is 0 Å². The second kappa shape index (κ2) is 6.03. The van der Waals surface area contributed by atoms with E-state index in [1.54, 1.807) is 11.8 Å². The molecular formula is C16H13BrClNOS. The highest BCUT2D eigenvalue weighted by Gasteiger charge is 2.23. The lowest BCUT2D eigenvalue weighted by molar-refractivity contribution is -0.115. The molecule has 0 saturated carbocycles. The summed E-state index contributed by atoms with van der Waals surface area (Å²) in [6, 6.07) is 12.1. The molecule has 1 aliphatic heterocycles. The first kappa shape index (κ1) is 14.9. The number of rotatable bonds is 3. The fraction of sp³-hybridized carbons (Fsp3) is 0.188. The molecule has 1 N–H and O–H groups in total. The van der Waals surface area contributed by atoms with Gasteiger partial charge in [0.05, 0.1) is 11.2 Å². The van der Waals surface area contributed by atoms with Crippen LogP contribution in [-0.2, 0) is 11.2 Å². The van der Waals surface area contributed by atoms with Crippen LogP contribution in [0.25, 0.3) is 0 Å². The topological polar surface area (TPSA) is 29.1 Å². The van der Waals surface area contributed by atoms with Crippen molar-refractivity contribution in [2.45, 2.75) is 16.1 Å². The number of hydrogen-bond acceptors (Lipinski definition) is 2. The highest BCUT2D eigenvalue weighted by Crippen LogP contribution is 2.41. The minimum absolute atomic E-state index is 0.00894. The van der Waals surface area contributed by atoms with Gasteiger partial charge in [0.1, 0.15) is 0 Å². The van der Waals surface area contributed by atoms with E-state index in [2.05, 4.69) is 39.6 Å². The van der Waals surface area contributed by atoms with E-state index in [9.17, 15) is 4.79 Å². The third-order valence-electron chi connectivity index (χ3n) is 3.53. The number of carbonyl (C=O) groups excluding carboxylic acids is 1. The number of amides is 1. The van der Waals surface area contributed by atoms with Crippen molar-refractivity contribution in [3.63, 3.8) is 0 Å². The maximum atomic E-state index is 11.5. The van der Waals surface area contributed by atoms with Crippen LogP contribution in [0.1, 0.15) is 21.5 Å². The maximum Gasteiger partial charge on any atom is 0.228 e. The van der Waals surface area contributed by atoms with E-state index < -0.39 is 0 Å². The Morgan fingerprint density at radius 1 is 1.29 bits per heavy atom. The zero-order valence-corrected chi connectivity index (χ0v) is 14.5. The normalized spacial score (nSPS) is 14.7. The second-order valence-electron chi connectivity index (χ2n) is 4.86. The summed E-state index contributed by atoms with van der Waals surface area (Å²) in [6.07, 6.45) is 2.48. The van der Waals surface area contributed by atoms with Gasteiger partial charge >= 0.3 is 0 Å². The van der Waals surface area contributed by atoms with Crippen molar-refractivity contribution in [1.82, 2.24) is 0 Å². The van der Waals surface area contributed by atoms with Gasteiger partial charge < -0.3 is 5.32 Å². The zero-order chi connectivity index (χ0) is 15.0. The van der Waals surface area contributed by atoms with Crippen molar-refractivity contribution in [1.29, 1.82) is 0 Å². The number of anilines is 1. The molecule has 1 aliphatic rings. The van der Waals surface area contributed by atoms with E-state index in [1.165, 1.54) is 10.5 Å². The molecule has 1 unspecified atom stereocenters. The van der Waals surface area contributed by atoms with Crippen LogP contribution in [0.3, 0.4) is 0 Å². The summed E-state index contributed by atoms with van der Waals surface area (Å²) in [4.78, 5) is 12.7. The molecule has 5 heteroatoms. The molecule has 21 heavy (non-hydrogen) atoms. The molecular weight excluding hydrogens is 370 g/mol. The summed E-state index contributed by atoms with van der Waals surface area (Å²) in [5.74, 6) is 0.0221. The van der Waals surface area contributed by atoms with E-state index in [-0.39, 0.29) is 10.7 Å². The SMILES string of the molecule is CSc1ccccc1C(Br)c1cc2c(cc1Cl)NC(=O)C2. The number of thioether (sulfide) groups is 1. The van der Waals surface area contributed by atoms with Crippen LogP contribution in [0.5, 0.6) is 0 Å². The maximum absolute atomic E-state index is 11.5. The molecule has 108 valence electrons. The van der Waals surface area contributed by atoms with Crippen LogP contribution >= 0.6 is 39.3 Å². The molecule has 0 aromatic heterocycles. The number of fused-ring (bicyclic) bond motifs is 1. The Bertz CT molecular complexity index is 719. The van der Waals surface area contributed by atoms with Crippen molar-refractivity contribution in [3.8, 4) is 0 Å². The number of alkyl halides is 1. The monoisotopic (exact) mass is 381 g/mol. The van der Waals surface area contributed by atoms with E-state index in [4.69, 9.17) is 11.6 Å². The molecule has 0 bridgehead atoms. The molecule has 0 aliphatic carbocycles. The summed E-state index contributed by atoms with van der Waals surface area (Å²) in [5.41, 5.74) is 4.01. The highest BCUT2D eigenvalue weighted by molar-refractivity contribution is 9.09. The van der Waals surface area contributed by atoms with E-state index in [0.717, 1.165) is 16.8 Å². The average Bonchev–Trinajstić information content (AvgIpc) is 2.84. The van der Waals surface area contributed by atoms with Gasteiger partial charge in [-0.2, -0.15) is 0 Å². The Hall–Kier alpha value is -0.970. The summed E-state index contributed by atoms with van der Waals surface area (Å²) < 4.78 is 0. The highest BCUT2D eigenvalue weighted by atomic mass is 79.9. The summed E-state index contributed by atoms with van der Waals surface area (Å²) in [5, 5.41) is 3.48. The molecule has 1 amide bonds. The molecule has 0 saturated heterocycles. The van der Waals surface area contributed by atoms with Crippen molar-refractivity contribution in [2.24, 2.45) is 0 Å². The Labute approximate surface area is 141 Å². The third kappa shape index (κ3) is 2.85. The number of halogens is 2. The smallest absolute Gasteiger partial charge is 0.228 e. The largest absolute Gasteiger partial charge is 0.325 e. The number of hydrogen-bond donors (Lipinski definition) is 1. The molecule has 2 aromatic carbocycles. The van der Waals surface area contributed by atoms with Crippen LogP contribution in [0.15, 0.2) is 41.3 Å². The van der Waals surface area contributed by atoms with Crippen molar-refractivity contribution in [2.75, 3.05) is 11.6 Å². The van der Waals surface area contributed by atoms with Gasteiger partial charge in [-0.15, -0.1) is 11.8 Å².